The molecule has 3 nitrogen and oxygen atoms in total. The van der Waals surface area contributed by atoms with Crippen molar-refractivity contribution in [2.24, 2.45) is 7.05 Å². The molecule has 0 atom stereocenters. The Morgan fingerprint density at radius 1 is 1.33 bits per heavy atom. The Labute approximate surface area is 105 Å². The van der Waals surface area contributed by atoms with Crippen LogP contribution in [0.5, 0.6) is 0 Å². The van der Waals surface area contributed by atoms with Gasteiger partial charge in [-0.05, 0) is 43.7 Å². The number of carbonyl (C=O) groups excluding carboxylic acids is 1. The van der Waals surface area contributed by atoms with Gasteiger partial charge in [0, 0.05) is 18.3 Å². The maximum absolute atomic E-state index is 13.1. The number of benzene rings is 1. The summed E-state index contributed by atoms with van der Waals surface area (Å²) in [5.41, 5.74) is 2.77. The summed E-state index contributed by atoms with van der Waals surface area (Å²) in [7, 11) is 1.81. The van der Waals surface area contributed by atoms with Gasteiger partial charge in [0.2, 0.25) is 0 Å². The van der Waals surface area contributed by atoms with Crippen molar-refractivity contribution in [3.63, 3.8) is 0 Å². The van der Waals surface area contributed by atoms with Crippen molar-refractivity contribution in [2.45, 2.75) is 20.3 Å². The smallest absolute Gasteiger partial charge is 0.168 e. The van der Waals surface area contributed by atoms with Crippen LogP contribution in [0.1, 0.15) is 27.3 Å². The van der Waals surface area contributed by atoms with Crippen molar-refractivity contribution in [1.82, 2.24) is 9.78 Å². The lowest BCUT2D eigenvalue weighted by Gasteiger charge is -2.03. The molecule has 2 aromatic rings. The molecule has 0 aliphatic heterocycles. The number of aromatic nitrogens is 2. The predicted molar refractivity (Wildman–Crippen MR) is 67.1 cm³/mol. The molecule has 0 amide bonds. The lowest BCUT2D eigenvalue weighted by molar-refractivity contribution is 0.0990. The molecule has 0 spiro atoms. The van der Waals surface area contributed by atoms with Crippen LogP contribution in [0.4, 0.5) is 4.39 Å². The van der Waals surface area contributed by atoms with Gasteiger partial charge in [-0.1, -0.05) is 0 Å². The molecule has 0 aliphatic rings. The maximum atomic E-state index is 13.1. The van der Waals surface area contributed by atoms with Crippen LogP contribution in [-0.2, 0) is 13.5 Å². The van der Waals surface area contributed by atoms with Gasteiger partial charge in [0.05, 0.1) is 12.1 Å². The van der Waals surface area contributed by atoms with Gasteiger partial charge in [0.25, 0.3) is 0 Å². The van der Waals surface area contributed by atoms with Gasteiger partial charge in [-0.2, -0.15) is 5.10 Å². The van der Waals surface area contributed by atoms with Gasteiger partial charge in [0.15, 0.2) is 5.78 Å². The van der Waals surface area contributed by atoms with Gasteiger partial charge in [-0.3, -0.25) is 9.48 Å². The molecule has 0 saturated carbocycles. The van der Waals surface area contributed by atoms with Crippen LogP contribution in [0.2, 0.25) is 0 Å². The lowest BCUT2D eigenvalue weighted by Crippen LogP contribution is -2.08. The van der Waals surface area contributed by atoms with Crippen LogP contribution in [0.3, 0.4) is 0 Å². The third-order valence-electron chi connectivity index (χ3n) is 2.92. The molecule has 0 saturated heterocycles. The number of hydrogen-bond acceptors (Lipinski definition) is 2. The summed E-state index contributed by atoms with van der Waals surface area (Å²) < 4.78 is 14.8. The van der Waals surface area contributed by atoms with Crippen LogP contribution in [0.25, 0.3) is 0 Å². The first-order valence-corrected chi connectivity index (χ1v) is 5.76. The molecule has 0 fully saturated rings. The predicted octanol–water partition coefficient (Wildman–Crippen LogP) is 2.60. The van der Waals surface area contributed by atoms with Gasteiger partial charge < -0.3 is 0 Å². The van der Waals surface area contributed by atoms with Crippen molar-refractivity contribution in [2.75, 3.05) is 0 Å². The number of halogens is 1. The fourth-order valence-electron chi connectivity index (χ4n) is 1.91. The molecule has 0 radical (unpaired) electrons. The second-order valence-electron chi connectivity index (χ2n) is 4.46. The summed E-state index contributed by atoms with van der Waals surface area (Å²) in [5.74, 6) is -0.316. The van der Waals surface area contributed by atoms with E-state index in [0.717, 1.165) is 11.4 Å². The van der Waals surface area contributed by atoms with E-state index >= 15 is 0 Å². The fourth-order valence-corrected chi connectivity index (χ4v) is 1.91. The highest BCUT2D eigenvalue weighted by molar-refractivity contribution is 5.97. The van der Waals surface area contributed by atoms with E-state index < -0.39 is 0 Å². The minimum Gasteiger partial charge on any atom is -0.294 e. The summed E-state index contributed by atoms with van der Waals surface area (Å²) in [6, 6.07) is 6.32. The molecule has 1 aromatic carbocycles. The summed E-state index contributed by atoms with van der Waals surface area (Å²) in [5, 5.41) is 4.19. The first kappa shape index (κ1) is 12.5. The van der Waals surface area contributed by atoms with Crippen molar-refractivity contribution < 1.29 is 9.18 Å². The Balaban J connectivity index is 2.22. The number of aryl methyl sites for hydroxylation is 3. The zero-order chi connectivity index (χ0) is 13.3. The van der Waals surface area contributed by atoms with Gasteiger partial charge in [-0.25, -0.2) is 4.39 Å². The highest BCUT2D eigenvalue weighted by Crippen LogP contribution is 2.12. The second-order valence-corrected chi connectivity index (χ2v) is 4.46. The molecule has 2 rings (SSSR count). The third-order valence-corrected chi connectivity index (χ3v) is 2.92. The third kappa shape index (κ3) is 2.47. The largest absolute Gasteiger partial charge is 0.294 e. The van der Waals surface area contributed by atoms with Crippen LogP contribution in [0, 0.1) is 19.7 Å². The van der Waals surface area contributed by atoms with Gasteiger partial charge in [0.1, 0.15) is 5.82 Å². The van der Waals surface area contributed by atoms with Crippen molar-refractivity contribution in [3.05, 3.63) is 52.6 Å². The first-order valence-electron chi connectivity index (χ1n) is 5.76. The van der Waals surface area contributed by atoms with Crippen LogP contribution in [-0.4, -0.2) is 15.6 Å². The Morgan fingerprint density at radius 2 is 2.06 bits per heavy atom. The van der Waals surface area contributed by atoms with E-state index in [9.17, 15) is 9.18 Å². The topological polar surface area (TPSA) is 34.9 Å². The quantitative estimate of drug-likeness (QED) is 0.780. The van der Waals surface area contributed by atoms with E-state index in [-0.39, 0.29) is 18.0 Å². The van der Waals surface area contributed by atoms with E-state index in [1.807, 2.05) is 20.0 Å². The van der Waals surface area contributed by atoms with Crippen LogP contribution in [0.15, 0.2) is 24.3 Å². The molecule has 0 unspecified atom stereocenters. The summed E-state index contributed by atoms with van der Waals surface area (Å²) in [4.78, 5) is 12.1. The van der Waals surface area contributed by atoms with E-state index in [4.69, 9.17) is 0 Å². The average Bonchev–Trinajstić information content (AvgIpc) is 2.61. The lowest BCUT2D eigenvalue weighted by atomic mass is 10.0. The monoisotopic (exact) mass is 246 g/mol. The number of ketones is 1. The minimum absolute atomic E-state index is 0.0268. The average molecular weight is 246 g/mol. The van der Waals surface area contributed by atoms with E-state index in [1.54, 1.807) is 17.7 Å². The molecule has 0 aliphatic carbocycles. The van der Waals surface area contributed by atoms with Crippen molar-refractivity contribution in [1.29, 1.82) is 0 Å². The molecule has 1 aromatic heterocycles. The van der Waals surface area contributed by atoms with Crippen LogP contribution < -0.4 is 0 Å². The van der Waals surface area contributed by atoms with Crippen molar-refractivity contribution in [3.8, 4) is 0 Å². The number of carbonyl (C=O) groups is 1. The van der Waals surface area contributed by atoms with Gasteiger partial charge >= 0.3 is 0 Å². The standard InChI is InChI=1S/C14H15FN2O/c1-9-6-11(4-5-13(9)15)14(18)8-12-7-10(2)16-17(12)3/h4-7H,8H2,1-3H3. The molecule has 4 heteroatoms. The summed E-state index contributed by atoms with van der Waals surface area (Å²) in [6.07, 6.45) is 0.280. The zero-order valence-corrected chi connectivity index (χ0v) is 10.7. The molecular formula is C14H15FN2O. The Kier molecular flexibility index (Phi) is 3.28. The summed E-state index contributed by atoms with van der Waals surface area (Å²) in [6.45, 7) is 3.54. The molecule has 0 bridgehead atoms. The fraction of sp³-hybridized carbons (Fsp3) is 0.286. The maximum Gasteiger partial charge on any atom is 0.168 e. The Hall–Kier alpha value is -1.97. The van der Waals surface area contributed by atoms with E-state index in [0.29, 0.717) is 11.1 Å². The second kappa shape index (κ2) is 4.72. The van der Waals surface area contributed by atoms with Crippen LogP contribution >= 0.6 is 0 Å². The Morgan fingerprint density at radius 3 is 2.61 bits per heavy atom. The molecule has 94 valence electrons. The summed E-state index contributed by atoms with van der Waals surface area (Å²) >= 11 is 0. The highest BCUT2D eigenvalue weighted by Gasteiger charge is 2.11. The first-order chi connectivity index (χ1) is 8.47. The SMILES string of the molecule is Cc1cc(CC(=O)c2ccc(F)c(C)c2)n(C)n1. The number of hydrogen-bond donors (Lipinski definition) is 0. The molecular weight excluding hydrogens is 231 g/mol. The number of nitrogens with zero attached hydrogens (tertiary/aromatic N) is 2. The Bertz CT molecular complexity index is 602. The van der Waals surface area contributed by atoms with E-state index in [1.165, 1.54) is 12.1 Å². The zero-order valence-electron chi connectivity index (χ0n) is 10.7. The minimum atomic E-state index is -0.289. The molecule has 0 N–H and O–H groups in total. The molecule has 1 heterocycles. The van der Waals surface area contributed by atoms with Gasteiger partial charge in [-0.15, -0.1) is 0 Å². The molecule has 18 heavy (non-hydrogen) atoms. The number of rotatable bonds is 3. The normalized spacial score (nSPS) is 10.7. The number of Topliss-reactive ketones (excluding diaryl/α,β-unsaturated/α-hetero) is 1. The van der Waals surface area contributed by atoms with E-state index in [2.05, 4.69) is 5.10 Å². The highest BCUT2D eigenvalue weighted by atomic mass is 19.1. The van der Waals surface area contributed by atoms with Crippen molar-refractivity contribution >= 4 is 5.78 Å².